The van der Waals surface area contributed by atoms with Crippen LogP contribution in [-0.2, 0) is 14.3 Å². The summed E-state index contributed by atoms with van der Waals surface area (Å²) in [5.41, 5.74) is 1.02. The lowest BCUT2D eigenvalue weighted by molar-refractivity contribution is -0.146. The molecule has 8 heteroatoms. The minimum atomic E-state index is -0.708. The Morgan fingerprint density at radius 1 is 1.08 bits per heavy atom. The van der Waals surface area contributed by atoms with Crippen LogP contribution < -0.4 is 10.6 Å². The van der Waals surface area contributed by atoms with E-state index in [0.717, 1.165) is 4.90 Å². The summed E-state index contributed by atoms with van der Waals surface area (Å²) in [5.74, 6) is -1.60. The third-order valence-corrected chi connectivity index (χ3v) is 4.29. The van der Waals surface area contributed by atoms with Gasteiger partial charge in [0.1, 0.15) is 6.54 Å². The van der Waals surface area contributed by atoms with Crippen molar-refractivity contribution in [3.63, 3.8) is 0 Å². The number of carbonyl (C=O) groups excluding carboxylic acids is 3. The van der Waals surface area contributed by atoms with Gasteiger partial charge in [0.05, 0.1) is 5.69 Å². The molecule has 0 saturated carbocycles. The van der Waals surface area contributed by atoms with Gasteiger partial charge < -0.3 is 15.4 Å². The molecule has 0 heterocycles. The first-order valence-corrected chi connectivity index (χ1v) is 9.22. The maximum Gasteiger partial charge on any atom is 0.325 e. The van der Waals surface area contributed by atoms with Crippen molar-refractivity contribution in [1.82, 2.24) is 5.32 Å². The van der Waals surface area contributed by atoms with Gasteiger partial charge in [0.15, 0.2) is 6.61 Å². The zero-order valence-corrected chi connectivity index (χ0v) is 15.5. The first-order valence-electron chi connectivity index (χ1n) is 7.62. The van der Waals surface area contributed by atoms with E-state index < -0.39 is 24.4 Å². The van der Waals surface area contributed by atoms with Gasteiger partial charge in [0, 0.05) is 15.5 Å². The van der Waals surface area contributed by atoms with Crippen molar-refractivity contribution in [1.29, 1.82) is 0 Å². The van der Waals surface area contributed by atoms with Gasteiger partial charge in [-0.25, -0.2) is 0 Å². The number of hydrogen-bond acceptors (Lipinski definition) is 5. The van der Waals surface area contributed by atoms with Crippen LogP contribution in [0.3, 0.4) is 0 Å². The molecule has 0 bridgehead atoms. The molecule has 2 rings (SSSR count). The molecule has 26 heavy (non-hydrogen) atoms. The second-order valence-electron chi connectivity index (χ2n) is 5.10. The number of esters is 1. The van der Waals surface area contributed by atoms with Gasteiger partial charge in [-0.15, -0.1) is 11.8 Å². The molecule has 0 saturated heterocycles. The van der Waals surface area contributed by atoms with Gasteiger partial charge in [-0.3, -0.25) is 14.4 Å². The molecule has 0 atom stereocenters. The highest BCUT2D eigenvalue weighted by atomic mass is 35.5. The van der Waals surface area contributed by atoms with Crippen LogP contribution in [0.1, 0.15) is 10.4 Å². The Labute approximate surface area is 160 Å². The van der Waals surface area contributed by atoms with Gasteiger partial charge in [0.2, 0.25) is 0 Å². The SMILES string of the molecule is CSc1ccccc1NC(=O)COC(=O)CNC(=O)c1ccc(Cl)cc1. The zero-order chi connectivity index (χ0) is 18.9. The van der Waals surface area contributed by atoms with Crippen LogP contribution in [0.25, 0.3) is 0 Å². The lowest BCUT2D eigenvalue weighted by Crippen LogP contribution is -2.32. The zero-order valence-electron chi connectivity index (χ0n) is 14.0. The molecule has 0 radical (unpaired) electrons. The van der Waals surface area contributed by atoms with E-state index in [0.29, 0.717) is 16.3 Å². The molecule has 136 valence electrons. The normalized spacial score (nSPS) is 10.1. The number of ether oxygens (including phenoxy) is 1. The number of carbonyl (C=O) groups is 3. The van der Waals surface area contributed by atoms with E-state index in [4.69, 9.17) is 16.3 Å². The minimum Gasteiger partial charge on any atom is -0.454 e. The fourth-order valence-electron chi connectivity index (χ4n) is 1.99. The average molecular weight is 393 g/mol. The van der Waals surface area contributed by atoms with Gasteiger partial charge in [-0.2, -0.15) is 0 Å². The van der Waals surface area contributed by atoms with E-state index in [9.17, 15) is 14.4 Å². The Kier molecular flexibility index (Phi) is 7.50. The van der Waals surface area contributed by atoms with Crippen LogP contribution >= 0.6 is 23.4 Å². The maximum absolute atomic E-state index is 11.9. The maximum atomic E-state index is 11.9. The molecule has 6 nitrogen and oxygen atoms in total. The highest BCUT2D eigenvalue weighted by molar-refractivity contribution is 7.98. The second-order valence-corrected chi connectivity index (χ2v) is 6.38. The summed E-state index contributed by atoms with van der Waals surface area (Å²) < 4.78 is 4.86. The van der Waals surface area contributed by atoms with Crippen molar-refractivity contribution < 1.29 is 19.1 Å². The third kappa shape index (κ3) is 6.09. The van der Waals surface area contributed by atoms with Crippen LogP contribution in [0, 0.1) is 0 Å². The fraction of sp³-hybridized carbons (Fsp3) is 0.167. The van der Waals surface area contributed by atoms with E-state index in [2.05, 4.69) is 10.6 Å². The Hall–Kier alpha value is -2.51. The predicted octanol–water partition coefficient (Wildman–Crippen LogP) is 2.97. The molecule has 0 aromatic heterocycles. The van der Waals surface area contributed by atoms with Gasteiger partial charge in [-0.1, -0.05) is 23.7 Å². The van der Waals surface area contributed by atoms with Crippen molar-refractivity contribution in [3.05, 3.63) is 59.1 Å². The Morgan fingerprint density at radius 3 is 2.46 bits per heavy atom. The third-order valence-electron chi connectivity index (χ3n) is 3.25. The van der Waals surface area contributed by atoms with Crippen LogP contribution in [0.5, 0.6) is 0 Å². The Bertz CT molecular complexity index is 796. The quantitative estimate of drug-likeness (QED) is 0.559. The molecule has 0 aliphatic carbocycles. The number of rotatable bonds is 7. The fourth-order valence-corrected chi connectivity index (χ4v) is 2.67. The molecule has 0 aliphatic heterocycles. The van der Waals surface area contributed by atoms with Gasteiger partial charge in [-0.05, 0) is 42.7 Å². The first-order chi connectivity index (χ1) is 12.5. The van der Waals surface area contributed by atoms with Crippen molar-refractivity contribution >= 4 is 46.8 Å². The average Bonchev–Trinajstić information content (AvgIpc) is 2.65. The molecule has 2 aromatic carbocycles. The largest absolute Gasteiger partial charge is 0.454 e. The number of para-hydroxylation sites is 1. The Morgan fingerprint density at radius 2 is 1.77 bits per heavy atom. The van der Waals surface area contributed by atoms with E-state index >= 15 is 0 Å². The smallest absolute Gasteiger partial charge is 0.325 e. The first kappa shape index (κ1) is 19.8. The van der Waals surface area contributed by atoms with E-state index in [1.807, 2.05) is 18.4 Å². The van der Waals surface area contributed by atoms with E-state index in [1.54, 1.807) is 36.4 Å². The summed E-state index contributed by atoms with van der Waals surface area (Å²) in [4.78, 5) is 36.3. The van der Waals surface area contributed by atoms with Crippen LogP contribution in [-0.4, -0.2) is 37.2 Å². The van der Waals surface area contributed by atoms with Crippen LogP contribution in [0.2, 0.25) is 5.02 Å². The molecule has 2 amide bonds. The number of nitrogens with one attached hydrogen (secondary N) is 2. The highest BCUT2D eigenvalue weighted by Gasteiger charge is 2.12. The number of anilines is 1. The Balaban J connectivity index is 1.75. The standard InChI is InChI=1S/C18H17ClN2O4S/c1-26-15-5-3-2-4-14(15)21-16(22)11-25-17(23)10-20-18(24)12-6-8-13(19)9-7-12/h2-9H,10-11H2,1H3,(H,20,24)(H,21,22). The summed E-state index contributed by atoms with van der Waals surface area (Å²) in [6, 6.07) is 13.5. The highest BCUT2D eigenvalue weighted by Crippen LogP contribution is 2.24. The number of hydrogen-bond donors (Lipinski definition) is 2. The van der Waals surface area contributed by atoms with Crippen LogP contribution in [0.15, 0.2) is 53.4 Å². The summed E-state index contributed by atoms with van der Waals surface area (Å²) in [5, 5.41) is 5.60. The molecular formula is C18H17ClN2O4S. The van der Waals surface area contributed by atoms with Crippen LogP contribution in [0.4, 0.5) is 5.69 Å². The number of halogens is 1. The van der Waals surface area contributed by atoms with E-state index in [1.165, 1.54) is 11.8 Å². The number of amides is 2. The second kappa shape index (κ2) is 9.84. The minimum absolute atomic E-state index is 0.337. The lowest BCUT2D eigenvalue weighted by atomic mass is 10.2. The number of benzene rings is 2. The van der Waals surface area contributed by atoms with Gasteiger partial charge in [0.25, 0.3) is 11.8 Å². The summed E-state index contributed by atoms with van der Waals surface area (Å²) in [6.07, 6.45) is 1.90. The topological polar surface area (TPSA) is 84.5 Å². The van der Waals surface area contributed by atoms with Crippen molar-refractivity contribution in [2.45, 2.75) is 4.90 Å². The van der Waals surface area contributed by atoms with Crippen molar-refractivity contribution in [2.24, 2.45) is 0 Å². The predicted molar refractivity (Wildman–Crippen MR) is 102 cm³/mol. The molecule has 0 unspecified atom stereocenters. The summed E-state index contributed by atoms with van der Waals surface area (Å²) in [7, 11) is 0. The summed E-state index contributed by atoms with van der Waals surface area (Å²) >= 11 is 7.24. The molecule has 2 N–H and O–H groups in total. The van der Waals surface area contributed by atoms with E-state index in [-0.39, 0.29) is 6.54 Å². The van der Waals surface area contributed by atoms with Gasteiger partial charge >= 0.3 is 5.97 Å². The molecule has 0 fully saturated rings. The summed E-state index contributed by atoms with van der Waals surface area (Å²) in [6.45, 7) is -0.769. The van der Waals surface area contributed by atoms with Crippen molar-refractivity contribution in [2.75, 3.05) is 24.7 Å². The molecule has 2 aromatic rings. The monoisotopic (exact) mass is 392 g/mol. The number of thioether (sulfide) groups is 1. The lowest BCUT2D eigenvalue weighted by Gasteiger charge is -2.10. The molecule has 0 spiro atoms. The molecule has 0 aliphatic rings. The van der Waals surface area contributed by atoms with Crippen molar-refractivity contribution in [3.8, 4) is 0 Å². The molecular weight excluding hydrogens is 376 g/mol.